The molecule has 0 amide bonds. The number of carboxylic acid groups (broad SMARTS) is 1. The van der Waals surface area contributed by atoms with Crippen LogP contribution in [0.25, 0.3) is 0 Å². The molecule has 1 unspecified atom stereocenters. The first kappa shape index (κ1) is 18.0. The van der Waals surface area contributed by atoms with Crippen LogP contribution in [0.5, 0.6) is 11.5 Å². The van der Waals surface area contributed by atoms with Crippen molar-refractivity contribution in [2.45, 2.75) is 26.4 Å². The second kappa shape index (κ2) is 7.97. The van der Waals surface area contributed by atoms with Crippen molar-refractivity contribution < 1.29 is 24.2 Å². The fourth-order valence-corrected chi connectivity index (χ4v) is 2.29. The lowest BCUT2D eigenvalue weighted by Crippen LogP contribution is -2.13. The minimum absolute atomic E-state index is 0.0102. The molecule has 126 valence electrons. The summed E-state index contributed by atoms with van der Waals surface area (Å²) in [4.78, 5) is 23.6. The molecule has 0 aliphatic heterocycles. The van der Waals surface area contributed by atoms with E-state index in [-0.39, 0.29) is 23.0 Å². The molecule has 2 aromatic rings. The van der Waals surface area contributed by atoms with E-state index in [1.165, 1.54) is 12.1 Å². The van der Waals surface area contributed by atoms with Gasteiger partial charge in [-0.15, -0.1) is 0 Å². The summed E-state index contributed by atoms with van der Waals surface area (Å²) in [5, 5.41) is 9.21. The van der Waals surface area contributed by atoms with Crippen LogP contribution in [-0.4, -0.2) is 23.1 Å². The van der Waals surface area contributed by atoms with Gasteiger partial charge in [-0.3, -0.25) is 0 Å². The largest absolute Gasteiger partial charge is 0.491 e. The summed E-state index contributed by atoms with van der Waals surface area (Å²) in [7, 11) is 0. The summed E-state index contributed by atoms with van der Waals surface area (Å²) in [5.74, 6) is -1.26. The van der Waals surface area contributed by atoms with Gasteiger partial charge < -0.3 is 14.6 Å². The van der Waals surface area contributed by atoms with Gasteiger partial charge in [-0.1, -0.05) is 28.9 Å². The zero-order valence-electron chi connectivity index (χ0n) is 13.3. The Bertz CT molecular complexity index is 757. The van der Waals surface area contributed by atoms with E-state index in [0.717, 1.165) is 6.42 Å². The van der Waals surface area contributed by atoms with Crippen molar-refractivity contribution in [1.82, 2.24) is 0 Å². The summed E-state index contributed by atoms with van der Waals surface area (Å²) in [6.07, 6.45) is 0.872. The maximum Gasteiger partial charge on any atom is 0.343 e. The Kier molecular flexibility index (Phi) is 5.98. The Morgan fingerprint density at radius 1 is 1.21 bits per heavy atom. The van der Waals surface area contributed by atoms with E-state index in [1.54, 1.807) is 30.3 Å². The van der Waals surface area contributed by atoms with Crippen LogP contribution in [0.4, 0.5) is 0 Å². The molecule has 6 heteroatoms. The highest BCUT2D eigenvalue weighted by molar-refractivity contribution is 9.10. The Balaban J connectivity index is 2.21. The number of carbonyl (C=O) groups is 2. The number of esters is 1. The molecule has 0 aliphatic carbocycles. The monoisotopic (exact) mass is 392 g/mol. The lowest BCUT2D eigenvalue weighted by atomic mass is 10.2. The zero-order chi connectivity index (χ0) is 17.7. The third-order valence-electron chi connectivity index (χ3n) is 3.36. The average molecular weight is 393 g/mol. The van der Waals surface area contributed by atoms with Crippen LogP contribution in [-0.2, 0) is 0 Å². The summed E-state index contributed by atoms with van der Waals surface area (Å²) in [6, 6.07) is 11.0. The van der Waals surface area contributed by atoms with Crippen molar-refractivity contribution in [3.63, 3.8) is 0 Å². The van der Waals surface area contributed by atoms with Gasteiger partial charge in [0.2, 0.25) is 0 Å². The van der Waals surface area contributed by atoms with Crippen LogP contribution in [0.15, 0.2) is 46.9 Å². The Morgan fingerprint density at radius 3 is 2.62 bits per heavy atom. The van der Waals surface area contributed by atoms with E-state index in [0.29, 0.717) is 10.2 Å². The normalized spacial score (nSPS) is 11.6. The second-order valence-electron chi connectivity index (χ2n) is 5.20. The molecule has 5 nitrogen and oxygen atoms in total. The SMILES string of the molecule is CCC(C)Oc1cccc(C(=O)Oc2ccc(Br)cc2C(=O)O)c1. The first-order chi connectivity index (χ1) is 11.4. The van der Waals surface area contributed by atoms with Crippen molar-refractivity contribution in [1.29, 1.82) is 0 Å². The third kappa shape index (κ3) is 4.58. The van der Waals surface area contributed by atoms with Crippen LogP contribution in [0.1, 0.15) is 41.0 Å². The minimum Gasteiger partial charge on any atom is -0.491 e. The molecule has 1 N–H and O–H groups in total. The Morgan fingerprint density at radius 2 is 1.96 bits per heavy atom. The molecule has 0 radical (unpaired) electrons. The molecular weight excluding hydrogens is 376 g/mol. The molecule has 2 rings (SSSR count). The molecule has 24 heavy (non-hydrogen) atoms. The van der Waals surface area contributed by atoms with E-state index in [4.69, 9.17) is 9.47 Å². The number of halogens is 1. The topological polar surface area (TPSA) is 72.8 Å². The average Bonchev–Trinajstić information content (AvgIpc) is 2.56. The molecule has 1 atom stereocenters. The molecule has 0 spiro atoms. The first-order valence-electron chi connectivity index (χ1n) is 7.42. The van der Waals surface area contributed by atoms with E-state index in [9.17, 15) is 14.7 Å². The molecular formula is C18H17BrO5. The van der Waals surface area contributed by atoms with Gasteiger partial charge in [0.1, 0.15) is 17.1 Å². The van der Waals surface area contributed by atoms with Crippen molar-refractivity contribution in [3.8, 4) is 11.5 Å². The standard InChI is InChI=1S/C18H17BrO5/c1-3-11(2)23-14-6-4-5-12(9-14)18(22)24-16-8-7-13(19)10-15(16)17(20)21/h4-11H,3H2,1-2H3,(H,20,21). The van der Waals surface area contributed by atoms with Gasteiger partial charge in [0.25, 0.3) is 0 Å². The number of hydrogen-bond acceptors (Lipinski definition) is 4. The second-order valence-corrected chi connectivity index (χ2v) is 6.12. The van der Waals surface area contributed by atoms with Gasteiger partial charge in [0, 0.05) is 4.47 Å². The fourth-order valence-electron chi connectivity index (χ4n) is 1.93. The minimum atomic E-state index is -1.17. The zero-order valence-corrected chi connectivity index (χ0v) is 14.9. The highest BCUT2D eigenvalue weighted by Gasteiger charge is 2.17. The summed E-state index contributed by atoms with van der Waals surface area (Å²) >= 11 is 3.19. The lowest BCUT2D eigenvalue weighted by molar-refractivity contribution is 0.0681. The number of benzene rings is 2. The van der Waals surface area contributed by atoms with E-state index in [2.05, 4.69) is 15.9 Å². The predicted molar refractivity (Wildman–Crippen MR) is 92.9 cm³/mol. The van der Waals surface area contributed by atoms with E-state index < -0.39 is 11.9 Å². The summed E-state index contributed by atoms with van der Waals surface area (Å²) < 4.78 is 11.5. The summed E-state index contributed by atoms with van der Waals surface area (Å²) in [6.45, 7) is 3.94. The van der Waals surface area contributed by atoms with Gasteiger partial charge in [-0.2, -0.15) is 0 Å². The quantitative estimate of drug-likeness (QED) is 0.576. The highest BCUT2D eigenvalue weighted by atomic mass is 79.9. The van der Waals surface area contributed by atoms with E-state index in [1.807, 2.05) is 13.8 Å². The maximum absolute atomic E-state index is 12.3. The van der Waals surface area contributed by atoms with Gasteiger partial charge in [-0.05, 0) is 49.7 Å². The number of hydrogen-bond donors (Lipinski definition) is 1. The molecule has 0 aromatic heterocycles. The number of carbonyl (C=O) groups excluding carboxylic acids is 1. The molecule has 0 saturated heterocycles. The molecule has 0 fully saturated rings. The van der Waals surface area contributed by atoms with Crippen LogP contribution >= 0.6 is 15.9 Å². The van der Waals surface area contributed by atoms with Crippen LogP contribution < -0.4 is 9.47 Å². The number of aromatic carboxylic acids is 1. The van der Waals surface area contributed by atoms with Crippen LogP contribution in [0.2, 0.25) is 0 Å². The summed E-state index contributed by atoms with van der Waals surface area (Å²) in [5.41, 5.74) is 0.194. The first-order valence-corrected chi connectivity index (χ1v) is 8.21. The van der Waals surface area contributed by atoms with Crippen molar-refractivity contribution >= 4 is 27.9 Å². The number of rotatable bonds is 6. The van der Waals surface area contributed by atoms with Crippen molar-refractivity contribution in [3.05, 3.63) is 58.1 Å². The molecule has 0 heterocycles. The number of carboxylic acids is 1. The van der Waals surface area contributed by atoms with Gasteiger partial charge in [0.15, 0.2) is 0 Å². The number of ether oxygens (including phenoxy) is 2. The van der Waals surface area contributed by atoms with E-state index >= 15 is 0 Å². The predicted octanol–water partition coefficient (Wildman–Crippen LogP) is 4.54. The molecule has 0 bridgehead atoms. The van der Waals surface area contributed by atoms with Crippen molar-refractivity contribution in [2.24, 2.45) is 0 Å². The molecule has 0 aliphatic rings. The Hall–Kier alpha value is -2.34. The maximum atomic E-state index is 12.3. The van der Waals surface area contributed by atoms with Gasteiger partial charge in [0.05, 0.1) is 11.7 Å². The molecule has 2 aromatic carbocycles. The third-order valence-corrected chi connectivity index (χ3v) is 3.85. The van der Waals surface area contributed by atoms with Gasteiger partial charge in [-0.25, -0.2) is 9.59 Å². The van der Waals surface area contributed by atoms with Crippen LogP contribution in [0.3, 0.4) is 0 Å². The van der Waals surface area contributed by atoms with Crippen molar-refractivity contribution in [2.75, 3.05) is 0 Å². The highest BCUT2D eigenvalue weighted by Crippen LogP contribution is 2.25. The van der Waals surface area contributed by atoms with Crippen LogP contribution in [0, 0.1) is 0 Å². The fraction of sp³-hybridized carbons (Fsp3) is 0.222. The lowest BCUT2D eigenvalue weighted by Gasteiger charge is -2.13. The Labute approximate surface area is 148 Å². The van der Waals surface area contributed by atoms with Gasteiger partial charge >= 0.3 is 11.9 Å². The molecule has 0 saturated carbocycles. The smallest absolute Gasteiger partial charge is 0.343 e.